The van der Waals surface area contributed by atoms with Crippen molar-refractivity contribution in [3.8, 4) is 0 Å². The van der Waals surface area contributed by atoms with E-state index in [0.29, 0.717) is 32.3 Å². The van der Waals surface area contributed by atoms with Crippen LogP contribution in [0.4, 0.5) is 9.52 Å². The Bertz CT molecular complexity index is 1420. The fourth-order valence-electron chi connectivity index (χ4n) is 3.66. The Hall–Kier alpha value is -3.79. The van der Waals surface area contributed by atoms with Gasteiger partial charge in [-0.2, -0.15) is 0 Å². The summed E-state index contributed by atoms with van der Waals surface area (Å²) in [6.45, 7) is 3.46. The summed E-state index contributed by atoms with van der Waals surface area (Å²) in [5.74, 6) is -1.30. The van der Waals surface area contributed by atoms with Gasteiger partial charge in [-0.15, -0.1) is 0 Å². The van der Waals surface area contributed by atoms with E-state index in [1.807, 2.05) is 12.1 Å². The molecule has 0 spiro atoms. The summed E-state index contributed by atoms with van der Waals surface area (Å²) in [6.07, 6.45) is 0. The van der Waals surface area contributed by atoms with Gasteiger partial charge in [0.25, 0.3) is 0 Å². The first-order chi connectivity index (χ1) is 16.3. The third-order valence-electron chi connectivity index (χ3n) is 5.38. The summed E-state index contributed by atoms with van der Waals surface area (Å²) in [6, 6.07) is 13.0. The SMILES string of the molecule is CCOC(=O)c1sc(N(Cc2ccc(F)cc2)C(=O)Cn2c(=O)n(C)c3ccccc32)nc1C. The van der Waals surface area contributed by atoms with Crippen molar-refractivity contribution in [1.82, 2.24) is 14.1 Å². The van der Waals surface area contributed by atoms with Crippen LogP contribution in [-0.4, -0.2) is 32.6 Å². The van der Waals surface area contributed by atoms with Crippen LogP contribution >= 0.6 is 11.3 Å². The first-order valence-corrected chi connectivity index (χ1v) is 11.5. The second-order valence-electron chi connectivity index (χ2n) is 7.65. The number of aryl methyl sites for hydroxylation is 2. The van der Waals surface area contributed by atoms with Crippen molar-refractivity contribution in [3.05, 3.63) is 81.0 Å². The number of halogens is 1. The summed E-state index contributed by atoms with van der Waals surface area (Å²) >= 11 is 1.04. The minimum atomic E-state index is -0.511. The molecule has 0 saturated carbocycles. The zero-order chi connectivity index (χ0) is 24.4. The third-order valence-corrected chi connectivity index (χ3v) is 6.54. The molecule has 176 valence electrons. The molecule has 34 heavy (non-hydrogen) atoms. The number of carbonyl (C=O) groups excluding carboxylic acids is 2. The van der Waals surface area contributed by atoms with E-state index in [1.54, 1.807) is 45.2 Å². The van der Waals surface area contributed by atoms with E-state index in [2.05, 4.69) is 4.98 Å². The molecule has 0 saturated heterocycles. The topological polar surface area (TPSA) is 86.4 Å². The summed E-state index contributed by atoms with van der Waals surface area (Å²) in [4.78, 5) is 44.8. The standard InChI is InChI=1S/C24H23FN4O4S/c1-4-33-22(31)21-15(2)26-23(34-21)29(13-16-9-11-17(25)12-10-16)20(30)14-28-19-8-6-5-7-18(19)27(3)24(28)32/h5-12H,4,13-14H2,1-3H3. The second kappa shape index (κ2) is 9.60. The summed E-state index contributed by atoms with van der Waals surface area (Å²) in [7, 11) is 1.65. The normalized spacial score (nSPS) is 11.1. The Labute approximate surface area is 198 Å². The number of fused-ring (bicyclic) bond motifs is 1. The van der Waals surface area contributed by atoms with Crippen LogP contribution in [0.25, 0.3) is 11.0 Å². The van der Waals surface area contributed by atoms with Crippen molar-refractivity contribution in [2.45, 2.75) is 26.9 Å². The molecule has 0 bridgehead atoms. The largest absolute Gasteiger partial charge is 0.462 e. The van der Waals surface area contributed by atoms with Crippen LogP contribution in [0.2, 0.25) is 0 Å². The highest BCUT2D eigenvalue weighted by atomic mass is 32.1. The van der Waals surface area contributed by atoms with E-state index in [1.165, 1.54) is 26.2 Å². The third kappa shape index (κ3) is 4.49. The summed E-state index contributed by atoms with van der Waals surface area (Å²) in [5, 5.41) is 0.295. The number of hydrogen-bond acceptors (Lipinski definition) is 6. The van der Waals surface area contributed by atoms with Gasteiger partial charge in [0.2, 0.25) is 5.91 Å². The lowest BCUT2D eigenvalue weighted by molar-refractivity contribution is -0.119. The number of para-hydroxylation sites is 2. The molecule has 1 amide bonds. The number of imidazole rings is 1. The smallest absolute Gasteiger partial charge is 0.350 e. The van der Waals surface area contributed by atoms with E-state index in [4.69, 9.17) is 4.74 Å². The van der Waals surface area contributed by atoms with Crippen LogP contribution in [-0.2, 0) is 29.7 Å². The summed E-state index contributed by atoms with van der Waals surface area (Å²) in [5.41, 5.74) is 2.13. The van der Waals surface area contributed by atoms with Crippen molar-refractivity contribution >= 4 is 39.4 Å². The second-order valence-corrected chi connectivity index (χ2v) is 8.63. The molecule has 2 aromatic carbocycles. The maximum atomic E-state index is 13.5. The van der Waals surface area contributed by atoms with Crippen LogP contribution in [0.15, 0.2) is 53.3 Å². The van der Waals surface area contributed by atoms with Gasteiger partial charge >= 0.3 is 11.7 Å². The number of ether oxygens (including phenoxy) is 1. The maximum absolute atomic E-state index is 13.5. The number of amides is 1. The lowest BCUT2D eigenvalue weighted by Crippen LogP contribution is -2.36. The average Bonchev–Trinajstić information content (AvgIpc) is 3.32. The monoisotopic (exact) mass is 482 g/mol. The van der Waals surface area contributed by atoms with Crippen LogP contribution in [0, 0.1) is 12.7 Å². The van der Waals surface area contributed by atoms with E-state index in [9.17, 15) is 18.8 Å². The average molecular weight is 483 g/mol. The molecule has 4 rings (SSSR count). The highest BCUT2D eigenvalue weighted by Gasteiger charge is 2.25. The molecule has 0 radical (unpaired) electrons. The Kier molecular flexibility index (Phi) is 6.60. The number of anilines is 1. The van der Waals surface area contributed by atoms with Crippen molar-refractivity contribution < 1.29 is 18.7 Å². The molecule has 8 nitrogen and oxygen atoms in total. The molecule has 0 fully saturated rings. The van der Waals surface area contributed by atoms with Crippen molar-refractivity contribution in [1.29, 1.82) is 0 Å². The fourth-order valence-corrected chi connectivity index (χ4v) is 4.63. The van der Waals surface area contributed by atoms with Gasteiger partial charge in [-0.3, -0.25) is 18.8 Å². The maximum Gasteiger partial charge on any atom is 0.350 e. The number of carbonyl (C=O) groups is 2. The van der Waals surface area contributed by atoms with Crippen molar-refractivity contribution in [2.75, 3.05) is 11.5 Å². The molecule has 0 N–H and O–H groups in total. The van der Waals surface area contributed by atoms with E-state index in [0.717, 1.165) is 11.3 Å². The minimum Gasteiger partial charge on any atom is -0.462 e. The van der Waals surface area contributed by atoms with Gasteiger partial charge in [0.1, 0.15) is 17.2 Å². The zero-order valence-electron chi connectivity index (χ0n) is 18.9. The molecule has 0 atom stereocenters. The van der Waals surface area contributed by atoms with E-state index in [-0.39, 0.29) is 25.4 Å². The lowest BCUT2D eigenvalue weighted by atomic mass is 10.2. The van der Waals surface area contributed by atoms with Gasteiger partial charge in [-0.25, -0.2) is 19.0 Å². The lowest BCUT2D eigenvalue weighted by Gasteiger charge is -2.20. The molecule has 0 aliphatic rings. The number of rotatable bonds is 7. The van der Waals surface area contributed by atoms with Gasteiger partial charge in [-0.05, 0) is 43.7 Å². The summed E-state index contributed by atoms with van der Waals surface area (Å²) < 4.78 is 21.4. The number of thiazole rings is 1. The van der Waals surface area contributed by atoms with E-state index >= 15 is 0 Å². The Balaban J connectivity index is 1.73. The molecule has 10 heteroatoms. The van der Waals surface area contributed by atoms with Crippen LogP contribution in [0.3, 0.4) is 0 Å². The molecule has 0 aliphatic heterocycles. The Morgan fingerprint density at radius 3 is 2.47 bits per heavy atom. The number of aromatic nitrogens is 3. The molecule has 2 heterocycles. The molecular formula is C24H23FN4O4S. The zero-order valence-corrected chi connectivity index (χ0v) is 19.8. The number of benzene rings is 2. The first kappa shape index (κ1) is 23.4. The quantitative estimate of drug-likeness (QED) is 0.375. The molecule has 2 aromatic heterocycles. The van der Waals surface area contributed by atoms with Crippen molar-refractivity contribution in [2.24, 2.45) is 7.05 Å². The van der Waals surface area contributed by atoms with Gasteiger partial charge < -0.3 is 4.74 Å². The Morgan fingerprint density at radius 2 is 1.79 bits per heavy atom. The van der Waals surface area contributed by atoms with Gasteiger partial charge in [0, 0.05) is 7.05 Å². The minimum absolute atomic E-state index is 0.0911. The highest BCUT2D eigenvalue weighted by molar-refractivity contribution is 7.17. The van der Waals surface area contributed by atoms with Crippen molar-refractivity contribution in [3.63, 3.8) is 0 Å². The van der Waals surface area contributed by atoms with Gasteiger partial charge in [0.15, 0.2) is 5.13 Å². The van der Waals surface area contributed by atoms with Crippen LogP contribution in [0.1, 0.15) is 27.9 Å². The van der Waals surface area contributed by atoms with Gasteiger partial charge in [0.05, 0.1) is 29.9 Å². The number of hydrogen-bond donors (Lipinski definition) is 0. The van der Waals surface area contributed by atoms with Gasteiger partial charge in [-0.1, -0.05) is 35.6 Å². The number of nitrogens with zero attached hydrogens (tertiary/aromatic N) is 4. The predicted octanol–water partition coefficient (Wildman–Crippen LogP) is 3.65. The first-order valence-electron chi connectivity index (χ1n) is 10.6. The fraction of sp³-hybridized carbons (Fsp3) is 0.250. The van der Waals surface area contributed by atoms with Crippen LogP contribution < -0.4 is 10.6 Å². The van der Waals surface area contributed by atoms with E-state index < -0.39 is 17.7 Å². The molecule has 4 aromatic rings. The molecular weight excluding hydrogens is 459 g/mol. The molecule has 0 unspecified atom stereocenters. The Morgan fingerprint density at radius 1 is 1.12 bits per heavy atom. The number of esters is 1. The molecule has 0 aliphatic carbocycles. The highest BCUT2D eigenvalue weighted by Crippen LogP contribution is 2.29. The predicted molar refractivity (Wildman–Crippen MR) is 128 cm³/mol. The van der Waals surface area contributed by atoms with Crippen LogP contribution in [0.5, 0.6) is 0 Å².